The minimum absolute atomic E-state index is 0.220. The van der Waals surface area contributed by atoms with Crippen LogP contribution >= 0.6 is 0 Å². The van der Waals surface area contributed by atoms with Gasteiger partial charge in [-0.25, -0.2) is 4.79 Å². The van der Waals surface area contributed by atoms with E-state index in [9.17, 15) is 14.4 Å². The predicted molar refractivity (Wildman–Crippen MR) is 117 cm³/mol. The van der Waals surface area contributed by atoms with Gasteiger partial charge in [0.05, 0.1) is 26.4 Å². The third kappa shape index (κ3) is 9.48. The van der Waals surface area contributed by atoms with E-state index in [2.05, 4.69) is 10.6 Å². The molecule has 0 bridgehead atoms. The monoisotopic (exact) mass is 433 g/mol. The predicted octanol–water partition coefficient (Wildman–Crippen LogP) is 1.28. The second-order valence-electron chi connectivity index (χ2n) is 7.78. The maximum atomic E-state index is 12.7. The molecule has 1 aliphatic rings. The molecule has 1 heterocycles. The van der Waals surface area contributed by atoms with Crippen molar-refractivity contribution in [3.63, 3.8) is 0 Å². The van der Waals surface area contributed by atoms with Crippen LogP contribution in [0.4, 0.5) is 0 Å². The molecule has 2 amide bonds. The van der Waals surface area contributed by atoms with Gasteiger partial charge in [0.1, 0.15) is 12.1 Å². The molecule has 0 saturated carbocycles. The molecule has 1 fully saturated rings. The summed E-state index contributed by atoms with van der Waals surface area (Å²) >= 11 is 0. The third-order valence-electron chi connectivity index (χ3n) is 5.15. The van der Waals surface area contributed by atoms with Crippen LogP contribution in [0, 0.1) is 0 Å². The number of morpholine rings is 1. The van der Waals surface area contributed by atoms with E-state index in [1.54, 1.807) is 6.92 Å². The molecule has 1 aromatic rings. The summed E-state index contributed by atoms with van der Waals surface area (Å²) in [5.74, 6) is -1.07. The van der Waals surface area contributed by atoms with Crippen molar-refractivity contribution in [2.24, 2.45) is 0 Å². The fraction of sp³-hybridized carbons (Fsp3) is 0.609. The van der Waals surface area contributed by atoms with Crippen molar-refractivity contribution in [1.82, 2.24) is 15.5 Å². The zero-order chi connectivity index (χ0) is 22.5. The summed E-state index contributed by atoms with van der Waals surface area (Å²) < 4.78 is 10.6. The Morgan fingerprint density at radius 1 is 1.13 bits per heavy atom. The lowest BCUT2D eigenvalue weighted by molar-refractivity contribution is -0.148. The number of unbranched alkanes of at least 4 members (excludes halogenated alkanes) is 1. The summed E-state index contributed by atoms with van der Waals surface area (Å²) in [6, 6.07) is 8.26. The molecular weight excluding hydrogens is 398 g/mol. The molecule has 2 N–H and O–H groups in total. The first-order valence-corrected chi connectivity index (χ1v) is 11.1. The molecule has 0 spiro atoms. The minimum Gasteiger partial charge on any atom is -0.464 e. The van der Waals surface area contributed by atoms with Crippen LogP contribution in [0.1, 0.15) is 38.7 Å². The van der Waals surface area contributed by atoms with E-state index in [-0.39, 0.29) is 12.5 Å². The molecule has 2 rings (SSSR count). The fourth-order valence-electron chi connectivity index (χ4n) is 3.23. The summed E-state index contributed by atoms with van der Waals surface area (Å²) in [7, 11) is 0. The van der Waals surface area contributed by atoms with Crippen LogP contribution in [0.25, 0.3) is 0 Å². The average molecular weight is 434 g/mol. The first-order valence-electron chi connectivity index (χ1n) is 11.1. The number of carbonyl (C=O) groups excluding carboxylic acids is 3. The van der Waals surface area contributed by atoms with Gasteiger partial charge in [-0.2, -0.15) is 0 Å². The number of benzene rings is 1. The van der Waals surface area contributed by atoms with Crippen molar-refractivity contribution < 1.29 is 23.9 Å². The van der Waals surface area contributed by atoms with Gasteiger partial charge in [-0.1, -0.05) is 43.7 Å². The van der Waals surface area contributed by atoms with Gasteiger partial charge in [-0.15, -0.1) is 0 Å². The lowest BCUT2D eigenvalue weighted by atomic mass is 10.0. The van der Waals surface area contributed by atoms with Crippen molar-refractivity contribution >= 4 is 17.8 Å². The normalized spacial score (nSPS) is 16.2. The first-order chi connectivity index (χ1) is 15.0. The molecule has 2 atom stereocenters. The summed E-state index contributed by atoms with van der Waals surface area (Å²) in [4.78, 5) is 39.4. The molecule has 0 aliphatic carbocycles. The van der Waals surface area contributed by atoms with Gasteiger partial charge in [0, 0.05) is 13.1 Å². The van der Waals surface area contributed by atoms with Crippen LogP contribution in [0.5, 0.6) is 0 Å². The number of ether oxygens (including phenoxy) is 2. The molecule has 0 radical (unpaired) electrons. The van der Waals surface area contributed by atoms with E-state index in [1.807, 2.05) is 42.2 Å². The minimum atomic E-state index is -0.761. The van der Waals surface area contributed by atoms with E-state index in [0.29, 0.717) is 45.8 Å². The van der Waals surface area contributed by atoms with Crippen LogP contribution in [-0.2, 0) is 30.3 Å². The number of amides is 2. The quantitative estimate of drug-likeness (QED) is 0.381. The molecule has 0 unspecified atom stereocenters. The second-order valence-corrected chi connectivity index (χ2v) is 7.78. The van der Waals surface area contributed by atoms with Crippen molar-refractivity contribution in [3.05, 3.63) is 35.9 Å². The Kier molecular flexibility index (Phi) is 11.0. The molecule has 1 aliphatic heterocycles. The molecule has 1 saturated heterocycles. The van der Waals surface area contributed by atoms with E-state index in [1.165, 1.54) is 0 Å². The highest BCUT2D eigenvalue weighted by atomic mass is 16.5. The topological polar surface area (TPSA) is 97.0 Å². The molecule has 0 aromatic heterocycles. The van der Waals surface area contributed by atoms with Gasteiger partial charge >= 0.3 is 5.97 Å². The van der Waals surface area contributed by atoms with Crippen LogP contribution in [-0.4, -0.2) is 74.2 Å². The van der Waals surface area contributed by atoms with Crippen molar-refractivity contribution in [3.8, 4) is 0 Å². The Balaban J connectivity index is 1.87. The fourth-order valence-corrected chi connectivity index (χ4v) is 3.23. The Labute approximate surface area is 184 Å². The highest BCUT2D eigenvalue weighted by Crippen LogP contribution is 2.07. The second kappa shape index (κ2) is 13.8. The maximum absolute atomic E-state index is 12.7. The van der Waals surface area contributed by atoms with Crippen molar-refractivity contribution in [1.29, 1.82) is 0 Å². The number of hydrogen-bond acceptors (Lipinski definition) is 6. The number of carbonyl (C=O) groups is 3. The largest absolute Gasteiger partial charge is 0.464 e. The van der Waals surface area contributed by atoms with Gasteiger partial charge < -0.3 is 20.1 Å². The number of esters is 1. The van der Waals surface area contributed by atoms with Gasteiger partial charge in [-0.05, 0) is 31.7 Å². The Morgan fingerprint density at radius 2 is 1.84 bits per heavy atom. The summed E-state index contributed by atoms with van der Waals surface area (Å²) in [5, 5.41) is 5.47. The molecule has 1 aromatic carbocycles. The van der Waals surface area contributed by atoms with Gasteiger partial charge in [0.15, 0.2) is 0 Å². The molecular formula is C23H35N3O5. The number of nitrogens with zero attached hydrogens (tertiary/aromatic N) is 1. The van der Waals surface area contributed by atoms with Crippen LogP contribution in [0.2, 0.25) is 0 Å². The molecule has 8 heteroatoms. The van der Waals surface area contributed by atoms with Crippen molar-refractivity contribution in [2.45, 2.75) is 51.6 Å². The zero-order valence-corrected chi connectivity index (χ0v) is 18.6. The SMILES string of the molecule is CCCCOC(=O)[C@H](CCc1ccccc1)NC(=O)[C@H](C)NC(=O)CN1CCOCC1. The highest BCUT2D eigenvalue weighted by molar-refractivity contribution is 5.90. The van der Waals surface area contributed by atoms with E-state index < -0.39 is 24.0 Å². The van der Waals surface area contributed by atoms with Crippen LogP contribution < -0.4 is 10.6 Å². The number of nitrogens with one attached hydrogen (secondary N) is 2. The summed E-state index contributed by atoms with van der Waals surface area (Å²) in [6.07, 6.45) is 2.75. The number of rotatable bonds is 12. The Bertz CT molecular complexity index is 692. The average Bonchev–Trinajstić information content (AvgIpc) is 2.77. The van der Waals surface area contributed by atoms with Crippen molar-refractivity contribution in [2.75, 3.05) is 39.5 Å². The third-order valence-corrected chi connectivity index (χ3v) is 5.15. The summed E-state index contributed by atoms with van der Waals surface area (Å²) in [5.41, 5.74) is 1.08. The summed E-state index contributed by atoms with van der Waals surface area (Å²) in [6.45, 7) is 6.78. The Morgan fingerprint density at radius 3 is 2.52 bits per heavy atom. The smallest absolute Gasteiger partial charge is 0.328 e. The highest BCUT2D eigenvalue weighted by Gasteiger charge is 2.26. The van der Waals surface area contributed by atoms with Crippen LogP contribution in [0.15, 0.2) is 30.3 Å². The standard InChI is InChI=1S/C23H35N3O5/c1-3-4-14-31-23(29)20(11-10-19-8-6-5-7-9-19)25-22(28)18(2)24-21(27)17-26-12-15-30-16-13-26/h5-9,18,20H,3-4,10-17H2,1-2H3,(H,24,27)(H,25,28)/t18-,20-/m0/s1. The van der Waals surface area contributed by atoms with Gasteiger partial charge in [0.2, 0.25) is 11.8 Å². The molecule has 31 heavy (non-hydrogen) atoms. The van der Waals surface area contributed by atoms with E-state index in [4.69, 9.17) is 9.47 Å². The van der Waals surface area contributed by atoms with Crippen LogP contribution in [0.3, 0.4) is 0 Å². The lowest BCUT2D eigenvalue weighted by Gasteiger charge is -2.26. The zero-order valence-electron chi connectivity index (χ0n) is 18.6. The Hall–Kier alpha value is -2.45. The first kappa shape index (κ1) is 24.8. The number of aryl methyl sites for hydroxylation is 1. The number of hydrogen-bond donors (Lipinski definition) is 2. The molecule has 172 valence electrons. The van der Waals surface area contributed by atoms with E-state index in [0.717, 1.165) is 18.4 Å². The van der Waals surface area contributed by atoms with E-state index >= 15 is 0 Å². The molecule has 8 nitrogen and oxygen atoms in total. The lowest BCUT2D eigenvalue weighted by Crippen LogP contribution is -2.52. The van der Waals surface area contributed by atoms with Gasteiger partial charge in [-0.3, -0.25) is 14.5 Å². The maximum Gasteiger partial charge on any atom is 0.328 e. The van der Waals surface area contributed by atoms with Gasteiger partial charge in [0.25, 0.3) is 0 Å².